The van der Waals surface area contributed by atoms with E-state index >= 15 is 0 Å². The van der Waals surface area contributed by atoms with Crippen LogP contribution in [0.15, 0.2) is 64.4 Å². The fourth-order valence-corrected chi connectivity index (χ4v) is 3.79. The van der Waals surface area contributed by atoms with Crippen molar-refractivity contribution in [3.8, 4) is 0 Å². The highest BCUT2D eigenvalue weighted by Gasteiger charge is 2.26. The van der Waals surface area contributed by atoms with Crippen LogP contribution in [0.1, 0.15) is 22.8 Å². The number of anilines is 1. The summed E-state index contributed by atoms with van der Waals surface area (Å²) in [5.41, 5.74) is 2.09. The van der Waals surface area contributed by atoms with Gasteiger partial charge in [-0.1, -0.05) is 42.5 Å². The molecule has 1 N–H and O–H groups in total. The number of carbonyl (C=O) groups is 2. The molecular formula is C25H25N5O5. The topological polar surface area (TPSA) is 117 Å². The van der Waals surface area contributed by atoms with E-state index in [-0.39, 0.29) is 17.7 Å². The summed E-state index contributed by atoms with van der Waals surface area (Å²) >= 11 is 0. The van der Waals surface area contributed by atoms with Gasteiger partial charge in [-0.25, -0.2) is 9.78 Å². The molecule has 0 radical (unpaired) electrons. The van der Waals surface area contributed by atoms with Gasteiger partial charge in [0.15, 0.2) is 11.2 Å². The Labute approximate surface area is 200 Å². The average Bonchev–Trinajstić information content (AvgIpc) is 3.26. The lowest BCUT2D eigenvalue weighted by molar-refractivity contribution is -0.155. The first-order valence-corrected chi connectivity index (χ1v) is 10.9. The van der Waals surface area contributed by atoms with Crippen LogP contribution in [-0.4, -0.2) is 30.6 Å². The molecule has 1 atom stereocenters. The maximum Gasteiger partial charge on any atom is 0.332 e. The van der Waals surface area contributed by atoms with E-state index in [2.05, 4.69) is 10.3 Å². The molecule has 10 heteroatoms. The highest BCUT2D eigenvalue weighted by Crippen LogP contribution is 2.23. The maximum absolute atomic E-state index is 13.2. The average molecular weight is 476 g/mol. The number of hydrogen-bond donors (Lipinski definition) is 1. The minimum Gasteiger partial charge on any atom is -0.446 e. The fraction of sp³-hybridized carbons (Fsp3) is 0.240. The molecule has 0 unspecified atom stereocenters. The van der Waals surface area contributed by atoms with Crippen molar-refractivity contribution in [1.29, 1.82) is 0 Å². The number of nitrogens with one attached hydrogen (secondary N) is 1. The molecule has 2 heterocycles. The predicted octanol–water partition coefficient (Wildman–Crippen LogP) is 1.97. The molecule has 0 aliphatic carbocycles. The Hall–Kier alpha value is -4.47. The fourth-order valence-electron chi connectivity index (χ4n) is 3.79. The molecule has 0 saturated carbocycles. The maximum atomic E-state index is 13.2. The summed E-state index contributed by atoms with van der Waals surface area (Å²) in [4.78, 5) is 55.0. The zero-order valence-corrected chi connectivity index (χ0v) is 19.8. The Morgan fingerprint density at radius 1 is 1.03 bits per heavy atom. The lowest BCUT2D eigenvalue weighted by Crippen LogP contribution is -2.37. The third kappa shape index (κ3) is 4.63. The van der Waals surface area contributed by atoms with Crippen LogP contribution in [0.4, 0.5) is 5.69 Å². The molecule has 0 bridgehead atoms. The number of amides is 1. The number of benzene rings is 2. The van der Waals surface area contributed by atoms with Crippen molar-refractivity contribution >= 4 is 28.7 Å². The summed E-state index contributed by atoms with van der Waals surface area (Å²) in [7, 11) is 2.84. The van der Waals surface area contributed by atoms with E-state index in [0.717, 1.165) is 15.7 Å². The van der Waals surface area contributed by atoms with Crippen molar-refractivity contribution in [3.05, 3.63) is 92.4 Å². The molecule has 0 aliphatic heterocycles. The summed E-state index contributed by atoms with van der Waals surface area (Å²) in [6.45, 7) is 3.42. The predicted molar refractivity (Wildman–Crippen MR) is 130 cm³/mol. The van der Waals surface area contributed by atoms with Crippen LogP contribution >= 0.6 is 0 Å². The molecule has 2 aromatic carbocycles. The van der Waals surface area contributed by atoms with Gasteiger partial charge < -0.3 is 14.6 Å². The highest BCUT2D eigenvalue weighted by atomic mass is 16.5. The van der Waals surface area contributed by atoms with Gasteiger partial charge in [-0.3, -0.25) is 23.5 Å². The van der Waals surface area contributed by atoms with Gasteiger partial charge in [-0.15, -0.1) is 0 Å². The van der Waals surface area contributed by atoms with Crippen molar-refractivity contribution in [3.63, 3.8) is 0 Å². The van der Waals surface area contributed by atoms with Crippen LogP contribution in [0.5, 0.6) is 0 Å². The van der Waals surface area contributed by atoms with Crippen molar-refractivity contribution in [2.24, 2.45) is 14.1 Å². The molecule has 0 aliphatic rings. The van der Waals surface area contributed by atoms with Gasteiger partial charge in [-0.2, -0.15) is 0 Å². The first-order valence-electron chi connectivity index (χ1n) is 10.9. The standard InChI is InChI=1S/C25H25N5O5/c1-15-10-11-16(2)18(12-15)27-23(32)21(17-8-6-5-7-9-17)35-19(31)13-30-14-26-22-20(30)24(33)29(4)25(34)28(22)3/h5-12,14,21H,13H2,1-4H3,(H,27,32)/t21-/m0/s1. The molecule has 4 rings (SSSR count). The van der Waals surface area contributed by atoms with Gasteiger partial charge in [0.25, 0.3) is 11.5 Å². The number of ether oxygens (including phenoxy) is 1. The molecule has 1 amide bonds. The Balaban J connectivity index is 1.62. The zero-order chi connectivity index (χ0) is 25.3. The van der Waals surface area contributed by atoms with E-state index in [1.54, 1.807) is 30.3 Å². The first kappa shape index (κ1) is 23.7. The molecule has 2 aromatic heterocycles. The third-order valence-electron chi connectivity index (χ3n) is 5.76. The van der Waals surface area contributed by atoms with E-state index in [1.807, 2.05) is 32.0 Å². The van der Waals surface area contributed by atoms with Gasteiger partial charge in [0.05, 0.1) is 6.33 Å². The third-order valence-corrected chi connectivity index (χ3v) is 5.76. The van der Waals surface area contributed by atoms with Gasteiger partial charge >= 0.3 is 11.7 Å². The first-order chi connectivity index (χ1) is 16.7. The minimum absolute atomic E-state index is 0.0858. The summed E-state index contributed by atoms with van der Waals surface area (Å²) in [6.07, 6.45) is 0.0751. The van der Waals surface area contributed by atoms with E-state index in [0.29, 0.717) is 11.3 Å². The molecule has 10 nitrogen and oxygen atoms in total. The van der Waals surface area contributed by atoms with Crippen LogP contribution in [0.3, 0.4) is 0 Å². The van der Waals surface area contributed by atoms with Crippen LogP contribution in [-0.2, 0) is 35.0 Å². The second-order valence-corrected chi connectivity index (χ2v) is 8.34. The lowest BCUT2D eigenvalue weighted by atomic mass is 10.1. The monoisotopic (exact) mass is 475 g/mol. The summed E-state index contributed by atoms with van der Waals surface area (Å²) in [5.74, 6) is -1.25. The number of imidazole rings is 1. The Morgan fingerprint density at radius 2 is 1.74 bits per heavy atom. The van der Waals surface area contributed by atoms with Crippen molar-refractivity contribution < 1.29 is 14.3 Å². The molecule has 4 aromatic rings. The van der Waals surface area contributed by atoms with Crippen LogP contribution < -0.4 is 16.6 Å². The van der Waals surface area contributed by atoms with Crippen LogP contribution in [0, 0.1) is 13.8 Å². The number of carbonyl (C=O) groups excluding carboxylic acids is 2. The van der Waals surface area contributed by atoms with Crippen LogP contribution in [0.25, 0.3) is 11.2 Å². The second-order valence-electron chi connectivity index (χ2n) is 8.34. The molecule has 35 heavy (non-hydrogen) atoms. The molecule has 0 fully saturated rings. The quantitative estimate of drug-likeness (QED) is 0.426. The van der Waals surface area contributed by atoms with E-state index in [1.165, 1.54) is 29.6 Å². The SMILES string of the molecule is Cc1ccc(C)c(NC(=O)[C@@H](OC(=O)Cn2cnc3c2c(=O)n(C)c(=O)n3C)c2ccccc2)c1. The number of aryl methyl sites for hydroxylation is 3. The zero-order valence-electron chi connectivity index (χ0n) is 19.8. The van der Waals surface area contributed by atoms with Gasteiger partial charge in [0.1, 0.15) is 6.54 Å². The lowest BCUT2D eigenvalue weighted by Gasteiger charge is -2.19. The van der Waals surface area contributed by atoms with Crippen molar-refractivity contribution in [2.75, 3.05) is 5.32 Å². The second kappa shape index (κ2) is 9.41. The van der Waals surface area contributed by atoms with Gasteiger partial charge in [-0.05, 0) is 31.0 Å². The summed E-state index contributed by atoms with van der Waals surface area (Å²) < 4.78 is 9.09. The largest absolute Gasteiger partial charge is 0.446 e. The van der Waals surface area contributed by atoms with Gasteiger partial charge in [0, 0.05) is 25.3 Å². The van der Waals surface area contributed by atoms with Crippen molar-refractivity contribution in [2.45, 2.75) is 26.5 Å². The van der Waals surface area contributed by atoms with Crippen molar-refractivity contribution in [1.82, 2.24) is 18.7 Å². The molecular weight excluding hydrogens is 450 g/mol. The summed E-state index contributed by atoms with van der Waals surface area (Å²) in [6, 6.07) is 14.3. The minimum atomic E-state index is -1.22. The highest BCUT2D eigenvalue weighted by molar-refractivity contribution is 5.96. The van der Waals surface area contributed by atoms with E-state index in [4.69, 9.17) is 4.74 Å². The summed E-state index contributed by atoms with van der Waals surface area (Å²) in [5, 5.41) is 2.85. The smallest absolute Gasteiger partial charge is 0.332 e. The molecule has 0 saturated heterocycles. The Kier molecular flexibility index (Phi) is 6.37. The van der Waals surface area contributed by atoms with E-state index < -0.39 is 29.2 Å². The van der Waals surface area contributed by atoms with Gasteiger partial charge in [0.2, 0.25) is 6.10 Å². The molecule has 0 spiro atoms. The normalized spacial score (nSPS) is 11.9. The number of rotatable bonds is 6. The number of fused-ring (bicyclic) bond motifs is 1. The van der Waals surface area contributed by atoms with E-state index in [9.17, 15) is 19.2 Å². The Morgan fingerprint density at radius 3 is 2.46 bits per heavy atom. The number of aromatic nitrogens is 4. The Bertz CT molecular complexity index is 1550. The molecule has 180 valence electrons. The number of esters is 1. The number of nitrogens with zero attached hydrogens (tertiary/aromatic N) is 4. The number of hydrogen-bond acceptors (Lipinski definition) is 6. The van der Waals surface area contributed by atoms with Crippen LogP contribution in [0.2, 0.25) is 0 Å².